The number of benzene rings is 1. The Bertz CT molecular complexity index is 1130. The van der Waals surface area contributed by atoms with Crippen LogP contribution in [-0.2, 0) is 11.2 Å². The molecule has 158 valence electrons. The highest BCUT2D eigenvalue weighted by Gasteiger charge is 2.24. The van der Waals surface area contributed by atoms with Crippen LogP contribution in [-0.4, -0.2) is 48.6 Å². The molecule has 0 saturated carbocycles. The molecule has 1 aliphatic heterocycles. The molecule has 1 fully saturated rings. The van der Waals surface area contributed by atoms with Gasteiger partial charge in [-0.3, -0.25) is 9.78 Å². The third-order valence-electron chi connectivity index (χ3n) is 5.20. The number of pyridine rings is 1. The maximum absolute atomic E-state index is 13.6. The van der Waals surface area contributed by atoms with Crippen molar-refractivity contribution in [2.24, 2.45) is 5.73 Å². The Hall–Kier alpha value is -3.12. The molecule has 0 spiro atoms. The fourth-order valence-electron chi connectivity index (χ4n) is 3.53. The van der Waals surface area contributed by atoms with Crippen LogP contribution in [0.3, 0.4) is 0 Å². The number of nitrogens with two attached hydrogens (primary N) is 1. The lowest BCUT2D eigenvalue weighted by molar-refractivity contribution is 0.104. The van der Waals surface area contributed by atoms with Crippen LogP contribution in [0.5, 0.6) is 0 Å². The van der Waals surface area contributed by atoms with Gasteiger partial charge in [0, 0.05) is 30.4 Å². The molecule has 0 radical (unpaired) electrons. The highest BCUT2D eigenvalue weighted by molar-refractivity contribution is 7.17. The van der Waals surface area contributed by atoms with Gasteiger partial charge in [-0.25, -0.2) is 4.98 Å². The first-order chi connectivity index (χ1) is 15.1. The summed E-state index contributed by atoms with van der Waals surface area (Å²) in [6, 6.07) is 11.1. The average Bonchev–Trinajstić information content (AvgIpc) is 3.21. The maximum atomic E-state index is 13.6. The third kappa shape index (κ3) is 4.49. The summed E-state index contributed by atoms with van der Waals surface area (Å²) in [7, 11) is 0. The van der Waals surface area contributed by atoms with Gasteiger partial charge in [0.1, 0.15) is 0 Å². The standard InChI is InChI=1S/C23H23N5O2S/c1-15-22(31-23(27-15)28-8-10-30-11-9-28)21(29)19-12-17(13-25)2-4-18(19)20-5-3-16(6-7-24)14-26-20/h2-5,12,14H,6-11,24H2,1H3. The van der Waals surface area contributed by atoms with Crippen LogP contribution in [0, 0.1) is 18.3 Å². The minimum atomic E-state index is -0.144. The van der Waals surface area contributed by atoms with E-state index in [1.807, 2.05) is 19.1 Å². The van der Waals surface area contributed by atoms with Gasteiger partial charge in [-0.1, -0.05) is 23.5 Å². The highest BCUT2D eigenvalue weighted by atomic mass is 32.1. The van der Waals surface area contributed by atoms with Crippen LogP contribution in [0.25, 0.3) is 11.3 Å². The molecule has 0 atom stereocenters. The van der Waals surface area contributed by atoms with Gasteiger partial charge >= 0.3 is 0 Å². The van der Waals surface area contributed by atoms with E-state index in [0.717, 1.165) is 30.2 Å². The van der Waals surface area contributed by atoms with Crippen LogP contribution in [0.4, 0.5) is 5.13 Å². The van der Waals surface area contributed by atoms with E-state index in [-0.39, 0.29) is 5.78 Å². The van der Waals surface area contributed by atoms with E-state index in [2.05, 4.69) is 20.9 Å². The number of morpholine rings is 1. The summed E-state index contributed by atoms with van der Waals surface area (Å²) in [6.45, 7) is 5.23. The quantitative estimate of drug-likeness (QED) is 0.596. The van der Waals surface area contributed by atoms with Crippen molar-refractivity contribution in [1.82, 2.24) is 9.97 Å². The Balaban J connectivity index is 1.72. The van der Waals surface area contributed by atoms with Crippen molar-refractivity contribution in [2.45, 2.75) is 13.3 Å². The molecule has 4 rings (SSSR count). The van der Waals surface area contributed by atoms with Crippen molar-refractivity contribution >= 4 is 22.3 Å². The molecule has 0 amide bonds. The minimum absolute atomic E-state index is 0.144. The van der Waals surface area contributed by atoms with E-state index in [0.29, 0.717) is 52.7 Å². The lowest BCUT2D eigenvalue weighted by Gasteiger charge is -2.26. The summed E-state index contributed by atoms with van der Waals surface area (Å²) in [6.07, 6.45) is 2.53. The SMILES string of the molecule is Cc1nc(N2CCOCC2)sc1C(=O)c1cc(C#N)ccc1-c1ccc(CCN)cn1. The van der Waals surface area contributed by atoms with Crippen LogP contribution in [0.1, 0.15) is 32.1 Å². The Morgan fingerprint density at radius 2 is 2.10 bits per heavy atom. The smallest absolute Gasteiger partial charge is 0.205 e. The van der Waals surface area contributed by atoms with Crippen molar-refractivity contribution in [3.63, 3.8) is 0 Å². The summed E-state index contributed by atoms with van der Waals surface area (Å²) >= 11 is 1.39. The van der Waals surface area contributed by atoms with Crippen molar-refractivity contribution in [2.75, 3.05) is 37.7 Å². The third-order valence-corrected chi connectivity index (χ3v) is 6.42. The lowest BCUT2D eigenvalue weighted by atomic mass is 9.96. The second-order valence-corrected chi connectivity index (χ2v) is 8.28. The zero-order chi connectivity index (χ0) is 21.8. The molecule has 31 heavy (non-hydrogen) atoms. The van der Waals surface area contributed by atoms with Gasteiger partial charge in [-0.05, 0) is 43.7 Å². The number of rotatable bonds is 6. The van der Waals surface area contributed by atoms with E-state index >= 15 is 0 Å². The van der Waals surface area contributed by atoms with Crippen LogP contribution in [0.2, 0.25) is 0 Å². The zero-order valence-corrected chi connectivity index (χ0v) is 18.1. The topological polar surface area (TPSA) is 105 Å². The van der Waals surface area contributed by atoms with Crippen LogP contribution < -0.4 is 10.6 Å². The molecular formula is C23H23N5O2S. The van der Waals surface area contributed by atoms with Crippen molar-refractivity contribution in [3.8, 4) is 17.3 Å². The number of ether oxygens (including phenoxy) is 1. The van der Waals surface area contributed by atoms with Gasteiger partial charge in [0.05, 0.1) is 41.1 Å². The number of aromatic nitrogens is 2. The summed E-state index contributed by atoms with van der Waals surface area (Å²) in [5.41, 5.74) is 9.63. The molecule has 0 unspecified atom stereocenters. The number of nitriles is 1. The summed E-state index contributed by atoms with van der Waals surface area (Å²) in [5.74, 6) is -0.144. The van der Waals surface area contributed by atoms with Crippen molar-refractivity contribution in [1.29, 1.82) is 5.26 Å². The van der Waals surface area contributed by atoms with Gasteiger partial charge in [-0.15, -0.1) is 0 Å². The molecule has 3 aromatic rings. The second-order valence-electron chi connectivity index (χ2n) is 7.30. The Labute approximate surface area is 185 Å². The number of nitrogens with zero attached hydrogens (tertiary/aromatic N) is 4. The van der Waals surface area contributed by atoms with Gasteiger partial charge < -0.3 is 15.4 Å². The fraction of sp³-hybridized carbons (Fsp3) is 0.304. The van der Waals surface area contributed by atoms with Gasteiger partial charge in [0.25, 0.3) is 0 Å². The lowest BCUT2D eigenvalue weighted by Crippen LogP contribution is -2.36. The summed E-state index contributed by atoms with van der Waals surface area (Å²) < 4.78 is 5.41. The number of hydrogen-bond acceptors (Lipinski definition) is 8. The molecule has 0 aliphatic carbocycles. The van der Waals surface area contributed by atoms with Crippen molar-refractivity contribution in [3.05, 3.63) is 63.8 Å². The molecule has 8 heteroatoms. The summed E-state index contributed by atoms with van der Waals surface area (Å²) in [5, 5.41) is 10.2. The first-order valence-electron chi connectivity index (χ1n) is 10.1. The predicted octanol–water partition coefficient (Wildman–Crippen LogP) is 2.95. The second kappa shape index (κ2) is 9.35. The van der Waals surface area contributed by atoms with E-state index in [9.17, 15) is 10.1 Å². The molecule has 7 nitrogen and oxygen atoms in total. The summed E-state index contributed by atoms with van der Waals surface area (Å²) in [4.78, 5) is 25.5. The molecule has 3 heterocycles. The number of aryl methyl sites for hydroxylation is 1. The van der Waals surface area contributed by atoms with E-state index in [4.69, 9.17) is 10.5 Å². The van der Waals surface area contributed by atoms with E-state index < -0.39 is 0 Å². The molecule has 2 N–H and O–H groups in total. The first kappa shape index (κ1) is 21.1. The van der Waals surface area contributed by atoms with Gasteiger partial charge in [0.2, 0.25) is 5.78 Å². The monoisotopic (exact) mass is 433 g/mol. The van der Waals surface area contributed by atoms with Crippen molar-refractivity contribution < 1.29 is 9.53 Å². The van der Waals surface area contributed by atoms with Gasteiger partial charge in [0.15, 0.2) is 5.13 Å². The Kier molecular flexibility index (Phi) is 6.37. The minimum Gasteiger partial charge on any atom is -0.378 e. The number of carbonyl (C=O) groups excluding carboxylic acids is 1. The number of ketones is 1. The molecule has 0 bridgehead atoms. The average molecular weight is 434 g/mol. The molecule has 1 aromatic carbocycles. The number of anilines is 1. The van der Waals surface area contributed by atoms with Crippen LogP contribution >= 0.6 is 11.3 Å². The number of hydrogen-bond donors (Lipinski definition) is 1. The fourth-order valence-corrected chi connectivity index (χ4v) is 4.60. The Morgan fingerprint density at radius 3 is 2.77 bits per heavy atom. The van der Waals surface area contributed by atoms with Gasteiger partial charge in [-0.2, -0.15) is 5.26 Å². The normalized spacial score (nSPS) is 13.8. The maximum Gasteiger partial charge on any atom is 0.205 e. The largest absolute Gasteiger partial charge is 0.378 e. The first-order valence-corrected chi connectivity index (χ1v) is 11.0. The molecule has 2 aromatic heterocycles. The van der Waals surface area contributed by atoms with E-state index in [1.165, 1.54) is 11.3 Å². The predicted molar refractivity (Wildman–Crippen MR) is 120 cm³/mol. The Morgan fingerprint density at radius 1 is 1.29 bits per heavy atom. The molecular weight excluding hydrogens is 410 g/mol. The van der Waals surface area contributed by atoms with E-state index in [1.54, 1.807) is 24.4 Å². The number of thiazole rings is 1. The van der Waals surface area contributed by atoms with Crippen LogP contribution in [0.15, 0.2) is 36.5 Å². The molecule has 1 saturated heterocycles. The molecule has 1 aliphatic rings. The number of carbonyl (C=O) groups is 1. The highest BCUT2D eigenvalue weighted by Crippen LogP contribution is 2.32. The zero-order valence-electron chi connectivity index (χ0n) is 17.3.